The molecule has 2 N–H and O–H groups in total. The Morgan fingerprint density at radius 2 is 1.79 bits per heavy atom. The molecule has 0 heterocycles. The van der Waals surface area contributed by atoms with Crippen LogP contribution in [0, 0.1) is 6.92 Å². The molecule has 0 atom stereocenters. The molecule has 0 bridgehead atoms. The van der Waals surface area contributed by atoms with Crippen molar-refractivity contribution in [3.8, 4) is 11.5 Å². The summed E-state index contributed by atoms with van der Waals surface area (Å²) in [6.45, 7) is 3.67. The van der Waals surface area contributed by atoms with Gasteiger partial charge in [-0.1, -0.05) is 36.7 Å². The molecule has 7 nitrogen and oxygen atoms in total. The highest BCUT2D eigenvalue weighted by molar-refractivity contribution is 7.92. The van der Waals surface area contributed by atoms with Crippen LogP contribution in [0.25, 0.3) is 0 Å². The van der Waals surface area contributed by atoms with Crippen molar-refractivity contribution in [2.75, 3.05) is 23.8 Å². The maximum absolute atomic E-state index is 12.7. The van der Waals surface area contributed by atoms with Crippen LogP contribution in [0.5, 0.6) is 11.5 Å². The van der Waals surface area contributed by atoms with Crippen molar-refractivity contribution < 1.29 is 22.7 Å². The van der Waals surface area contributed by atoms with Crippen molar-refractivity contribution >= 4 is 38.9 Å². The lowest BCUT2D eigenvalue weighted by atomic mass is 10.1. The van der Waals surface area contributed by atoms with Crippen LogP contribution in [-0.2, 0) is 21.2 Å². The predicted octanol–water partition coefficient (Wildman–Crippen LogP) is 5.04. The molecule has 3 aromatic rings. The van der Waals surface area contributed by atoms with E-state index in [2.05, 4.69) is 10.0 Å². The molecule has 0 radical (unpaired) electrons. The molecule has 33 heavy (non-hydrogen) atoms. The third-order valence-electron chi connectivity index (χ3n) is 4.92. The van der Waals surface area contributed by atoms with Gasteiger partial charge in [0.05, 0.1) is 17.0 Å². The summed E-state index contributed by atoms with van der Waals surface area (Å²) in [5.41, 5.74) is 3.14. The number of rotatable bonds is 9. The van der Waals surface area contributed by atoms with Gasteiger partial charge in [0.15, 0.2) is 6.61 Å². The molecule has 3 rings (SSSR count). The number of anilines is 2. The van der Waals surface area contributed by atoms with Gasteiger partial charge in [-0.15, -0.1) is 0 Å². The second-order valence-corrected chi connectivity index (χ2v) is 9.32. The van der Waals surface area contributed by atoms with Gasteiger partial charge in [-0.2, -0.15) is 0 Å². The van der Waals surface area contributed by atoms with Gasteiger partial charge >= 0.3 is 0 Å². The van der Waals surface area contributed by atoms with E-state index in [4.69, 9.17) is 21.1 Å². The molecule has 0 aromatic heterocycles. The SMILES string of the molecule is CCc1cccc(C)c1NC(=O)COc1ccc(S(=O)(=O)Nc2ccc(OC)cc2)cc1Cl. The highest BCUT2D eigenvalue weighted by atomic mass is 35.5. The summed E-state index contributed by atoms with van der Waals surface area (Å²) in [5.74, 6) is 0.475. The predicted molar refractivity (Wildman–Crippen MR) is 130 cm³/mol. The van der Waals surface area contributed by atoms with Crippen molar-refractivity contribution in [2.24, 2.45) is 0 Å². The minimum absolute atomic E-state index is 0.0346. The average Bonchev–Trinajstić information content (AvgIpc) is 2.79. The van der Waals surface area contributed by atoms with E-state index in [1.807, 2.05) is 32.0 Å². The molecule has 0 saturated carbocycles. The molecule has 0 unspecified atom stereocenters. The first-order valence-corrected chi connectivity index (χ1v) is 12.1. The van der Waals surface area contributed by atoms with E-state index in [0.29, 0.717) is 11.4 Å². The largest absolute Gasteiger partial charge is 0.497 e. The Kier molecular flexibility index (Phi) is 7.84. The van der Waals surface area contributed by atoms with Crippen molar-refractivity contribution in [1.82, 2.24) is 0 Å². The van der Waals surface area contributed by atoms with Gasteiger partial charge in [-0.05, 0) is 66.9 Å². The number of sulfonamides is 1. The summed E-state index contributed by atoms with van der Waals surface area (Å²) >= 11 is 6.23. The zero-order valence-corrected chi connectivity index (χ0v) is 20.1. The van der Waals surface area contributed by atoms with Gasteiger partial charge in [0.2, 0.25) is 0 Å². The second-order valence-electron chi connectivity index (χ2n) is 7.23. The van der Waals surface area contributed by atoms with Crippen LogP contribution >= 0.6 is 11.6 Å². The molecule has 0 aliphatic heterocycles. The Labute approximate surface area is 198 Å². The average molecular weight is 489 g/mol. The quantitative estimate of drug-likeness (QED) is 0.440. The molecule has 174 valence electrons. The molecule has 0 spiro atoms. The number of halogens is 1. The Morgan fingerprint density at radius 3 is 2.42 bits per heavy atom. The molecule has 0 fully saturated rings. The summed E-state index contributed by atoms with van der Waals surface area (Å²) in [4.78, 5) is 12.4. The number of carbonyl (C=O) groups is 1. The minimum atomic E-state index is -3.87. The monoisotopic (exact) mass is 488 g/mol. The Hall–Kier alpha value is -3.23. The van der Waals surface area contributed by atoms with Crippen LogP contribution in [0.1, 0.15) is 18.1 Å². The number of nitrogens with one attached hydrogen (secondary N) is 2. The molecule has 3 aromatic carbocycles. The van der Waals surface area contributed by atoms with Crippen LogP contribution in [0.4, 0.5) is 11.4 Å². The summed E-state index contributed by atoms with van der Waals surface area (Å²) in [6.07, 6.45) is 0.782. The lowest BCUT2D eigenvalue weighted by Crippen LogP contribution is -2.21. The lowest BCUT2D eigenvalue weighted by Gasteiger charge is -2.14. The van der Waals surface area contributed by atoms with E-state index in [9.17, 15) is 13.2 Å². The summed E-state index contributed by atoms with van der Waals surface area (Å²) in [5, 5.41) is 2.94. The maximum Gasteiger partial charge on any atom is 0.262 e. The highest BCUT2D eigenvalue weighted by Gasteiger charge is 2.17. The number of hydrogen-bond donors (Lipinski definition) is 2. The molecular formula is C24H25ClN2O5S. The smallest absolute Gasteiger partial charge is 0.262 e. The Balaban J connectivity index is 1.66. The topological polar surface area (TPSA) is 93.7 Å². The third kappa shape index (κ3) is 6.18. The number of amides is 1. The standard InChI is InChI=1S/C24H25ClN2O5S/c1-4-17-7-5-6-16(2)24(17)26-23(28)15-32-22-13-12-20(14-21(22)25)33(29,30)27-18-8-10-19(31-3)11-9-18/h5-14,27H,4,15H2,1-3H3,(H,26,28). The van der Waals surface area contributed by atoms with Crippen LogP contribution in [-0.4, -0.2) is 28.0 Å². The number of hydrogen-bond acceptors (Lipinski definition) is 5. The molecular weight excluding hydrogens is 464 g/mol. The van der Waals surface area contributed by atoms with E-state index in [1.165, 1.54) is 25.3 Å². The van der Waals surface area contributed by atoms with Crippen molar-refractivity contribution in [3.63, 3.8) is 0 Å². The third-order valence-corrected chi connectivity index (χ3v) is 6.59. The Bertz CT molecular complexity index is 1240. The fourth-order valence-electron chi connectivity index (χ4n) is 3.16. The second kappa shape index (κ2) is 10.6. The lowest BCUT2D eigenvalue weighted by molar-refractivity contribution is -0.118. The highest BCUT2D eigenvalue weighted by Crippen LogP contribution is 2.29. The fraction of sp³-hybridized carbons (Fsp3) is 0.208. The first-order valence-electron chi connectivity index (χ1n) is 10.2. The summed E-state index contributed by atoms with van der Waals surface area (Å²) < 4.78 is 38.4. The molecule has 0 aliphatic carbocycles. The molecule has 0 saturated heterocycles. The fourth-order valence-corrected chi connectivity index (χ4v) is 4.54. The van der Waals surface area contributed by atoms with Gasteiger partial charge in [-0.25, -0.2) is 8.42 Å². The van der Waals surface area contributed by atoms with Gasteiger partial charge < -0.3 is 14.8 Å². The van der Waals surface area contributed by atoms with E-state index in [1.54, 1.807) is 24.3 Å². The molecule has 0 aliphatic rings. The minimum Gasteiger partial charge on any atom is -0.497 e. The van der Waals surface area contributed by atoms with Gasteiger partial charge in [0.25, 0.3) is 15.9 Å². The number of ether oxygens (including phenoxy) is 2. The van der Waals surface area contributed by atoms with Crippen LogP contribution in [0.15, 0.2) is 65.6 Å². The molecule has 1 amide bonds. The van der Waals surface area contributed by atoms with E-state index in [0.717, 1.165) is 23.2 Å². The van der Waals surface area contributed by atoms with Crippen LogP contribution < -0.4 is 19.5 Å². The van der Waals surface area contributed by atoms with Gasteiger partial charge in [-0.3, -0.25) is 9.52 Å². The number of benzene rings is 3. The maximum atomic E-state index is 12.7. The van der Waals surface area contributed by atoms with E-state index < -0.39 is 10.0 Å². The summed E-state index contributed by atoms with van der Waals surface area (Å²) in [7, 11) is -2.34. The van der Waals surface area contributed by atoms with E-state index in [-0.39, 0.29) is 28.2 Å². The van der Waals surface area contributed by atoms with Crippen LogP contribution in [0.3, 0.4) is 0 Å². The molecule has 9 heteroatoms. The number of para-hydroxylation sites is 1. The van der Waals surface area contributed by atoms with Crippen LogP contribution in [0.2, 0.25) is 5.02 Å². The first-order chi connectivity index (χ1) is 15.7. The van der Waals surface area contributed by atoms with Crippen molar-refractivity contribution in [2.45, 2.75) is 25.2 Å². The normalized spacial score (nSPS) is 11.0. The van der Waals surface area contributed by atoms with E-state index >= 15 is 0 Å². The first kappa shape index (κ1) is 24.4. The van der Waals surface area contributed by atoms with Crippen molar-refractivity contribution in [3.05, 3.63) is 76.8 Å². The van der Waals surface area contributed by atoms with Gasteiger partial charge in [0.1, 0.15) is 11.5 Å². The van der Waals surface area contributed by atoms with Crippen molar-refractivity contribution in [1.29, 1.82) is 0 Å². The Morgan fingerprint density at radius 1 is 1.06 bits per heavy atom. The summed E-state index contributed by atoms with van der Waals surface area (Å²) in [6, 6.07) is 16.4. The zero-order valence-electron chi connectivity index (χ0n) is 18.5. The number of methoxy groups -OCH3 is 1. The number of carbonyl (C=O) groups excluding carboxylic acids is 1. The van der Waals surface area contributed by atoms with Gasteiger partial charge in [0, 0.05) is 11.4 Å². The number of aryl methyl sites for hydroxylation is 2. The zero-order chi connectivity index (χ0) is 24.0.